The van der Waals surface area contributed by atoms with Gasteiger partial charge in [-0.3, -0.25) is 0 Å². The molecule has 1 aliphatic carbocycles. The zero-order valence-corrected chi connectivity index (χ0v) is 19.1. The van der Waals surface area contributed by atoms with Gasteiger partial charge in [0.2, 0.25) is 0 Å². The fourth-order valence-electron chi connectivity index (χ4n) is 5.27. The van der Waals surface area contributed by atoms with Gasteiger partial charge in [-0.25, -0.2) is 0 Å². The Morgan fingerprint density at radius 1 is 0.438 bits per heavy atom. The van der Waals surface area contributed by atoms with Crippen molar-refractivity contribution in [1.82, 2.24) is 0 Å². The molecule has 0 saturated heterocycles. The van der Waals surface area contributed by atoms with Crippen molar-refractivity contribution < 1.29 is 0 Å². The Morgan fingerprint density at radius 2 is 0.938 bits per heavy atom. The molecule has 0 amide bonds. The minimum absolute atomic E-state index is 0.373. The monoisotopic (exact) mass is 472 g/mol. The van der Waals surface area contributed by atoms with Crippen molar-refractivity contribution in [3.05, 3.63) is 154 Å². The number of rotatable bonds is 3. The van der Waals surface area contributed by atoms with Gasteiger partial charge in [0, 0.05) is 4.47 Å². The molecule has 5 aromatic carbocycles. The Hall–Kier alpha value is -3.42. The third-order valence-corrected chi connectivity index (χ3v) is 7.11. The molecule has 0 spiro atoms. The van der Waals surface area contributed by atoms with Gasteiger partial charge in [-0.2, -0.15) is 0 Å². The summed E-state index contributed by atoms with van der Waals surface area (Å²) in [4.78, 5) is 0. The Kier molecular flexibility index (Phi) is 4.59. The number of halogens is 1. The fourth-order valence-corrected chi connectivity index (χ4v) is 5.63. The van der Waals surface area contributed by atoms with Crippen molar-refractivity contribution in [1.29, 1.82) is 0 Å². The zero-order valence-electron chi connectivity index (χ0n) is 17.5. The molecular weight excluding hydrogens is 452 g/mol. The standard InChI is InChI=1S/C31H21Br/c32-26-17-19-28-27-18-16-23(22-10-4-1-5-11-22)20-29(27)31(30(28)21-26,24-12-6-2-7-13-24)25-14-8-3-9-15-25/h1-21H. The van der Waals surface area contributed by atoms with Crippen molar-refractivity contribution in [2.24, 2.45) is 0 Å². The predicted octanol–water partition coefficient (Wildman–Crippen LogP) is 8.48. The van der Waals surface area contributed by atoms with Crippen LogP contribution in [0.15, 0.2) is 132 Å². The summed E-state index contributed by atoms with van der Waals surface area (Å²) in [7, 11) is 0. The molecule has 0 atom stereocenters. The summed E-state index contributed by atoms with van der Waals surface area (Å²) >= 11 is 3.76. The summed E-state index contributed by atoms with van der Waals surface area (Å²) in [5.41, 5.74) is 9.95. The second-order valence-electron chi connectivity index (χ2n) is 8.30. The van der Waals surface area contributed by atoms with Crippen LogP contribution >= 0.6 is 15.9 Å². The number of hydrogen-bond acceptors (Lipinski definition) is 0. The summed E-state index contributed by atoms with van der Waals surface area (Å²) < 4.78 is 1.10. The van der Waals surface area contributed by atoms with E-state index < -0.39 is 0 Å². The van der Waals surface area contributed by atoms with Crippen molar-refractivity contribution in [3.63, 3.8) is 0 Å². The number of fused-ring (bicyclic) bond motifs is 3. The molecule has 0 saturated carbocycles. The second-order valence-corrected chi connectivity index (χ2v) is 9.21. The highest BCUT2D eigenvalue weighted by atomic mass is 79.9. The van der Waals surface area contributed by atoms with Gasteiger partial charge in [-0.15, -0.1) is 0 Å². The van der Waals surface area contributed by atoms with Crippen molar-refractivity contribution in [2.45, 2.75) is 5.41 Å². The summed E-state index contributed by atoms with van der Waals surface area (Å²) in [5, 5.41) is 0. The van der Waals surface area contributed by atoms with Crippen LogP contribution < -0.4 is 0 Å². The molecule has 0 heterocycles. The van der Waals surface area contributed by atoms with Crippen molar-refractivity contribution in [3.8, 4) is 22.3 Å². The van der Waals surface area contributed by atoms with Crippen LogP contribution in [0, 0.1) is 0 Å². The fraction of sp³-hybridized carbons (Fsp3) is 0.0323. The molecule has 5 aromatic rings. The van der Waals surface area contributed by atoms with E-state index in [0.29, 0.717) is 0 Å². The molecule has 0 bridgehead atoms. The summed E-state index contributed by atoms with van der Waals surface area (Å²) in [6, 6.07) is 46.2. The molecule has 0 nitrogen and oxygen atoms in total. The maximum absolute atomic E-state index is 3.76. The molecule has 6 rings (SSSR count). The van der Waals surface area contributed by atoms with Crippen molar-refractivity contribution in [2.75, 3.05) is 0 Å². The van der Waals surface area contributed by atoms with Crippen LogP contribution in [0.5, 0.6) is 0 Å². The average molecular weight is 473 g/mol. The lowest BCUT2D eigenvalue weighted by atomic mass is 9.67. The van der Waals surface area contributed by atoms with Crippen molar-refractivity contribution >= 4 is 15.9 Å². The number of hydrogen-bond donors (Lipinski definition) is 0. The first-order valence-corrected chi connectivity index (χ1v) is 11.7. The normalized spacial score (nSPS) is 13.4. The Labute approximate surface area is 197 Å². The van der Waals surface area contributed by atoms with Crippen LogP contribution in [0.25, 0.3) is 22.3 Å². The number of benzene rings is 5. The first kappa shape index (κ1) is 19.3. The molecule has 0 radical (unpaired) electrons. The Balaban J connectivity index is 1.76. The van der Waals surface area contributed by atoms with Gasteiger partial charge in [0.15, 0.2) is 0 Å². The maximum atomic E-state index is 3.76. The molecule has 32 heavy (non-hydrogen) atoms. The minimum Gasteiger partial charge on any atom is -0.0622 e. The lowest BCUT2D eigenvalue weighted by Gasteiger charge is -2.34. The average Bonchev–Trinajstić information content (AvgIpc) is 3.15. The molecule has 0 N–H and O–H groups in total. The van der Waals surface area contributed by atoms with Gasteiger partial charge < -0.3 is 0 Å². The second kappa shape index (κ2) is 7.62. The Morgan fingerprint density at radius 3 is 1.53 bits per heavy atom. The molecule has 1 aliphatic rings. The van der Waals surface area contributed by atoms with Crippen LogP contribution in [0.3, 0.4) is 0 Å². The highest BCUT2D eigenvalue weighted by Crippen LogP contribution is 2.57. The highest BCUT2D eigenvalue weighted by molar-refractivity contribution is 9.10. The topological polar surface area (TPSA) is 0 Å². The van der Waals surface area contributed by atoms with E-state index in [4.69, 9.17) is 0 Å². The van der Waals surface area contributed by atoms with Gasteiger partial charge in [0.05, 0.1) is 5.41 Å². The molecule has 0 aromatic heterocycles. The first-order valence-electron chi connectivity index (χ1n) is 10.9. The third kappa shape index (κ3) is 2.82. The molecule has 152 valence electrons. The largest absolute Gasteiger partial charge is 0.0714 e. The molecule has 0 fully saturated rings. The minimum atomic E-state index is -0.373. The van der Waals surface area contributed by atoms with E-state index in [0.717, 1.165) is 4.47 Å². The molecular formula is C31H21Br. The van der Waals surface area contributed by atoms with Crippen LogP contribution in [0.1, 0.15) is 22.3 Å². The van der Waals surface area contributed by atoms with Gasteiger partial charge >= 0.3 is 0 Å². The Bertz CT molecular complexity index is 1360. The third-order valence-electron chi connectivity index (χ3n) is 6.62. The van der Waals surface area contributed by atoms with Crippen LogP contribution in [-0.4, -0.2) is 0 Å². The maximum Gasteiger partial charge on any atom is 0.0714 e. The van der Waals surface area contributed by atoms with Crippen LogP contribution in [-0.2, 0) is 5.41 Å². The zero-order chi connectivity index (χ0) is 21.5. The molecule has 1 heteroatoms. The molecule has 0 aliphatic heterocycles. The summed E-state index contributed by atoms with van der Waals surface area (Å²) in [5.74, 6) is 0. The van der Waals surface area contributed by atoms with Gasteiger partial charge in [-0.05, 0) is 62.7 Å². The lowest BCUT2D eigenvalue weighted by Crippen LogP contribution is -2.28. The highest BCUT2D eigenvalue weighted by Gasteiger charge is 2.46. The van der Waals surface area contributed by atoms with Gasteiger partial charge in [0.1, 0.15) is 0 Å². The van der Waals surface area contributed by atoms with E-state index >= 15 is 0 Å². The van der Waals surface area contributed by atoms with E-state index in [9.17, 15) is 0 Å². The van der Waals surface area contributed by atoms with Gasteiger partial charge in [-0.1, -0.05) is 125 Å². The summed E-state index contributed by atoms with van der Waals surface area (Å²) in [6.45, 7) is 0. The predicted molar refractivity (Wildman–Crippen MR) is 137 cm³/mol. The van der Waals surface area contributed by atoms with Crippen LogP contribution in [0.4, 0.5) is 0 Å². The SMILES string of the molecule is Brc1ccc2c(c1)C(c1ccccc1)(c1ccccc1)c1cc(-c3ccccc3)ccc1-2. The van der Waals surface area contributed by atoms with E-state index in [1.807, 2.05) is 0 Å². The van der Waals surface area contributed by atoms with Crippen LogP contribution in [0.2, 0.25) is 0 Å². The van der Waals surface area contributed by atoms with E-state index in [1.54, 1.807) is 0 Å². The first-order chi connectivity index (χ1) is 15.8. The smallest absolute Gasteiger partial charge is 0.0622 e. The van der Waals surface area contributed by atoms with E-state index in [1.165, 1.54) is 44.5 Å². The van der Waals surface area contributed by atoms with E-state index in [-0.39, 0.29) is 5.41 Å². The van der Waals surface area contributed by atoms with E-state index in [2.05, 4.69) is 143 Å². The van der Waals surface area contributed by atoms with Gasteiger partial charge in [0.25, 0.3) is 0 Å². The quantitative estimate of drug-likeness (QED) is 0.242. The molecule has 0 unspecified atom stereocenters. The lowest BCUT2D eigenvalue weighted by molar-refractivity contribution is 0.768. The summed E-state index contributed by atoms with van der Waals surface area (Å²) in [6.07, 6.45) is 0.